The molecule has 0 spiro atoms. The van der Waals surface area contributed by atoms with E-state index in [9.17, 15) is 4.79 Å². The van der Waals surface area contributed by atoms with Crippen LogP contribution in [0.25, 0.3) is 0 Å². The van der Waals surface area contributed by atoms with Crippen LogP contribution in [-0.4, -0.2) is 48.0 Å². The summed E-state index contributed by atoms with van der Waals surface area (Å²) in [7, 11) is 0. The van der Waals surface area contributed by atoms with Crippen LogP contribution in [0.2, 0.25) is 0 Å². The van der Waals surface area contributed by atoms with E-state index in [0.29, 0.717) is 19.6 Å². The number of carbonyl (C=O) groups is 1. The lowest BCUT2D eigenvalue weighted by molar-refractivity contribution is -0.130. The minimum Gasteiger partial charge on any atom is -0.360 e. The first kappa shape index (κ1) is 16.2. The molecule has 1 fully saturated rings. The maximum absolute atomic E-state index is 12.1. The second kappa shape index (κ2) is 7.75. The first-order valence-corrected chi connectivity index (χ1v) is 9.22. The molecule has 23 heavy (non-hydrogen) atoms. The molecule has 1 atom stereocenters. The lowest BCUT2D eigenvalue weighted by atomic mass is 10.0. The minimum absolute atomic E-state index is 0.0266. The van der Waals surface area contributed by atoms with Gasteiger partial charge in [-0.25, -0.2) is 4.98 Å². The summed E-state index contributed by atoms with van der Waals surface area (Å²) in [4.78, 5) is 19.8. The molecule has 1 aromatic rings. The van der Waals surface area contributed by atoms with Gasteiger partial charge in [0.2, 0.25) is 5.91 Å². The van der Waals surface area contributed by atoms with Crippen molar-refractivity contribution < 1.29 is 4.79 Å². The number of aryl methyl sites for hydroxylation is 2. The van der Waals surface area contributed by atoms with Gasteiger partial charge in [0, 0.05) is 24.5 Å². The predicted octanol–water partition coefficient (Wildman–Crippen LogP) is 1.54. The van der Waals surface area contributed by atoms with Crippen molar-refractivity contribution in [3.8, 4) is 6.07 Å². The zero-order valence-electron chi connectivity index (χ0n) is 13.3. The zero-order chi connectivity index (χ0) is 16.1. The fraction of sp³-hybridized carbons (Fsp3) is 0.688. The van der Waals surface area contributed by atoms with E-state index in [1.165, 1.54) is 23.4 Å². The van der Waals surface area contributed by atoms with E-state index >= 15 is 0 Å². The van der Waals surface area contributed by atoms with Crippen LogP contribution in [0, 0.1) is 11.3 Å². The molecular formula is C16H23N5OS. The highest BCUT2D eigenvalue weighted by Gasteiger charge is 2.27. The largest absolute Gasteiger partial charge is 0.360 e. The summed E-state index contributed by atoms with van der Waals surface area (Å²) in [5.41, 5.74) is 1.27. The third-order valence-corrected chi connectivity index (χ3v) is 5.54. The Morgan fingerprint density at radius 1 is 1.35 bits per heavy atom. The van der Waals surface area contributed by atoms with Gasteiger partial charge in [0.1, 0.15) is 6.04 Å². The quantitative estimate of drug-likeness (QED) is 0.772. The molecule has 0 aromatic carbocycles. The second-order valence-corrected chi connectivity index (χ2v) is 7.16. The molecule has 1 amide bonds. The lowest BCUT2D eigenvalue weighted by Crippen LogP contribution is -2.41. The van der Waals surface area contributed by atoms with Gasteiger partial charge in [-0.3, -0.25) is 4.79 Å². The third-order valence-electron chi connectivity index (χ3n) is 4.42. The van der Waals surface area contributed by atoms with Gasteiger partial charge in [0.15, 0.2) is 5.13 Å². The molecule has 2 N–H and O–H groups in total. The monoisotopic (exact) mass is 333 g/mol. The van der Waals surface area contributed by atoms with Crippen molar-refractivity contribution in [2.45, 2.75) is 44.6 Å². The minimum atomic E-state index is -0.232. The first-order chi connectivity index (χ1) is 11.3. The van der Waals surface area contributed by atoms with E-state index in [0.717, 1.165) is 37.4 Å². The summed E-state index contributed by atoms with van der Waals surface area (Å²) < 4.78 is 0. The van der Waals surface area contributed by atoms with Crippen molar-refractivity contribution in [1.82, 2.24) is 15.2 Å². The molecule has 1 aliphatic carbocycles. The Morgan fingerprint density at radius 3 is 3.04 bits per heavy atom. The van der Waals surface area contributed by atoms with Crippen molar-refractivity contribution in [2.24, 2.45) is 0 Å². The summed E-state index contributed by atoms with van der Waals surface area (Å²) in [5, 5.41) is 16.5. The molecule has 1 aliphatic heterocycles. The van der Waals surface area contributed by atoms with E-state index < -0.39 is 0 Å². The third kappa shape index (κ3) is 4.01. The molecule has 7 heteroatoms. The van der Waals surface area contributed by atoms with Gasteiger partial charge in [-0.15, -0.1) is 11.3 Å². The van der Waals surface area contributed by atoms with Crippen LogP contribution in [-0.2, 0) is 17.6 Å². The molecule has 0 radical (unpaired) electrons. The Balaban J connectivity index is 1.35. The Bertz CT molecular complexity index is 570. The zero-order valence-corrected chi connectivity index (χ0v) is 14.1. The van der Waals surface area contributed by atoms with Crippen molar-refractivity contribution >= 4 is 22.4 Å². The Kier molecular flexibility index (Phi) is 5.47. The van der Waals surface area contributed by atoms with Crippen LogP contribution in [0.15, 0.2) is 0 Å². The molecule has 3 rings (SSSR count). The van der Waals surface area contributed by atoms with Crippen molar-refractivity contribution in [2.75, 3.05) is 31.5 Å². The molecule has 2 heterocycles. The Hall–Kier alpha value is -1.65. The van der Waals surface area contributed by atoms with E-state index in [2.05, 4.69) is 21.7 Å². The number of anilines is 1. The van der Waals surface area contributed by atoms with Gasteiger partial charge in [0.25, 0.3) is 0 Å². The normalized spacial score (nSPS) is 20.1. The number of rotatable bonds is 6. The van der Waals surface area contributed by atoms with Crippen LogP contribution in [0.1, 0.15) is 36.3 Å². The highest BCUT2D eigenvalue weighted by atomic mass is 32.1. The number of nitriles is 1. The van der Waals surface area contributed by atoms with Gasteiger partial charge >= 0.3 is 0 Å². The number of fused-ring (bicyclic) bond motifs is 1. The van der Waals surface area contributed by atoms with Crippen molar-refractivity contribution in [3.05, 3.63) is 10.6 Å². The molecule has 0 saturated carbocycles. The van der Waals surface area contributed by atoms with Gasteiger partial charge in [-0.1, -0.05) is 0 Å². The van der Waals surface area contributed by atoms with Gasteiger partial charge in [0.05, 0.1) is 18.3 Å². The van der Waals surface area contributed by atoms with Gasteiger partial charge in [-0.05, 0) is 38.5 Å². The molecule has 124 valence electrons. The maximum atomic E-state index is 12.1. The number of carbonyl (C=O) groups excluding carboxylic acids is 1. The second-order valence-electron chi connectivity index (χ2n) is 6.07. The molecule has 2 aliphatic rings. The molecule has 1 aromatic heterocycles. The fourth-order valence-corrected chi connectivity index (χ4v) is 4.26. The number of nitrogens with zero attached hydrogens (tertiary/aromatic N) is 3. The number of hydrogen-bond donors (Lipinski definition) is 2. The highest BCUT2D eigenvalue weighted by Crippen LogP contribution is 2.29. The standard InChI is InChI=1S/C16H23N5OS/c17-10-12-4-3-9-21(12)15(22)11-18-7-8-19-16-20-13-5-1-2-6-14(13)23-16/h12,18H,1-9,11H2,(H,19,20). The van der Waals surface area contributed by atoms with Crippen molar-refractivity contribution in [3.63, 3.8) is 0 Å². The number of likely N-dealkylation sites (tertiary alicyclic amines) is 1. The summed E-state index contributed by atoms with van der Waals surface area (Å²) in [6.45, 7) is 2.47. The summed E-state index contributed by atoms with van der Waals surface area (Å²) in [6, 6.07) is 1.97. The maximum Gasteiger partial charge on any atom is 0.237 e. The van der Waals surface area contributed by atoms with Crippen LogP contribution in [0.3, 0.4) is 0 Å². The fourth-order valence-electron chi connectivity index (χ4n) is 3.18. The highest BCUT2D eigenvalue weighted by molar-refractivity contribution is 7.15. The molecule has 1 unspecified atom stereocenters. The average molecular weight is 333 g/mol. The van der Waals surface area contributed by atoms with E-state index in [4.69, 9.17) is 5.26 Å². The number of nitrogens with one attached hydrogen (secondary N) is 2. The van der Waals surface area contributed by atoms with Gasteiger partial charge < -0.3 is 15.5 Å². The number of hydrogen-bond acceptors (Lipinski definition) is 6. The topological polar surface area (TPSA) is 81.0 Å². The molecular weight excluding hydrogens is 310 g/mol. The smallest absolute Gasteiger partial charge is 0.237 e. The number of aromatic nitrogens is 1. The van der Waals surface area contributed by atoms with Crippen LogP contribution < -0.4 is 10.6 Å². The average Bonchev–Trinajstić information content (AvgIpc) is 3.20. The summed E-state index contributed by atoms with van der Waals surface area (Å²) in [5.74, 6) is 0.0266. The van der Waals surface area contributed by atoms with E-state index in [1.54, 1.807) is 16.2 Å². The summed E-state index contributed by atoms with van der Waals surface area (Å²) >= 11 is 1.76. The first-order valence-electron chi connectivity index (χ1n) is 8.40. The predicted molar refractivity (Wildman–Crippen MR) is 90.5 cm³/mol. The van der Waals surface area contributed by atoms with Crippen LogP contribution in [0.4, 0.5) is 5.13 Å². The Morgan fingerprint density at radius 2 is 2.22 bits per heavy atom. The Labute approximate surface area is 140 Å². The molecule has 0 bridgehead atoms. The SMILES string of the molecule is N#CC1CCCN1C(=O)CNCCNc1nc2c(s1)CCCC2. The number of thiazole rings is 1. The van der Waals surface area contributed by atoms with Gasteiger partial charge in [-0.2, -0.15) is 5.26 Å². The van der Waals surface area contributed by atoms with E-state index in [1.807, 2.05) is 0 Å². The summed E-state index contributed by atoms with van der Waals surface area (Å²) in [6.07, 6.45) is 6.53. The van der Waals surface area contributed by atoms with E-state index in [-0.39, 0.29) is 11.9 Å². The number of amides is 1. The van der Waals surface area contributed by atoms with Crippen LogP contribution >= 0.6 is 11.3 Å². The molecule has 6 nitrogen and oxygen atoms in total. The molecule has 1 saturated heterocycles. The van der Waals surface area contributed by atoms with Crippen molar-refractivity contribution in [1.29, 1.82) is 5.26 Å². The van der Waals surface area contributed by atoms with Crippen LogP contribution in [0.5, 0.6) is 0 Å². The lowest BCUT2D eigenvalue weighted by Gasteiger charge is -2.19.